The Bertz CT molecular complexity index is 799. The Morgan fingerprint density at radius 1 is 1.14 bits per heavy atom. The highest BCUT2D eigenvalue weighted by Crippen LogP contribution is 2.57. The number of carboxylic acid groups (broad SMARTS) is 1. The van der Waals surface area contributed by atoms with Crippen LogP contribution in [0.2, 0.25) is 0 Å². The molecule has 1 aromatic rings. The zero-order chi connectivity index (χ0) is 21.6. The maximum Gasteiger partial charge on any atom is 0.326 e. The molecule has 0 spiro atoms. The molecule has 0 aliphatic heterocycles. The molecule has 2 aliphatic rings. The quantitative estimate of drug-likeness (QED) is 0.728. The minimum Gasteiger partial charge on any atom is -0.480 e. The fourth-order valence-corrected chi connectivity index (χ4v) is 5.96. The summed E-state index contributed by atoms with van der Waals surface area (Å²) in [5, 5.41) is 12.4. The first-order chi connectivity index (χ1) is 13.5. The van der Waals surface area contributed by atoms with Gasteiger partial charge in [-0.2, -0.15) is 0 Å². The fourth-order valence-electron chi connectivity index (χ4n) is 5.96. The highest BCUT2D eigenvalue weighted by atomic mass is 16.4. The summed E-state index contributed by atoms with van der Waals surface area (Å²) in [5.74, 6) is -0.445. The van der Waals surface area contributed by atoms with Crippen LogP contribution >= 0.6 is 0 Å². The van der Waals surface area contributed by atoms with E-state index in [2.05, 4.69) is 51.2 Å². The number of carbonyl (C=O) groups is 2. The van der Waals surface area contributed by atoms with Crippen molar-refractivity contribution in [3.8, 4) is 0 Å². The second-order valence-electron chi connectivity index (χ2n) is 10.4. The second-order valence-corrected chi connectivity index (χ2v) is 10.4. The number of benzene rings is 1. The number of carbonyl (C=O) groups excluding carboxylic acids is 1. The van der Waals surface area contributed by atoms with E-state index in [-0.39, 0.29) is 23.2 Å². The van der Waals surface area contributed by atoms with Crippen LogP contribution in [0.15, 0.2) is 18.2 Å². The smallest absolute Gasteiger partial charge is 0.326 e. The van der Waals surface area contributed by atoms with Gasteiger partial charge in [-0.05, 0) is 65.5 Å². The summed E-state index contributed by atoms with van der Waals surface area (Å²) in [6.45, 7) is 12.5. The van der Waals surface area contributed by atoms with Crippen molar-refractivity contribution in [2.45, 2.75) is 91.0 Å². The zero-order valence-electron chi connectivity index (χ0n) is 18.8. The zero-order valence-corrected chi connectivity index (χ0v) is 18.8. The third-order valence-electron chi connectivity index (χ3n) is 7.78. The van der Waals surface area contributed by atoms with E-state index in [0.29, 0.717) is 5.92 Å². The molecule has 0 aromatic heterocycles. The summed E-state index contributed by atoms with van der Waals surface area (Å²) in [6, 6.07) is 6.08. The average molecular weight is 400 g/mol. The Hall–Kier alpha value is -1.84. The van der Waals surface area contributed by atoms with Crippen LogP contribution in [-0.2, 0) is 21.4 Å². The lowest BCUT2D eigenvalue weighted by atomic mass is 9.49. The molecule has 1 fully saturated rings. The average Bonchev–Trinajstić information content (AvgIpc) is 2.64. The second kappa shape index (κ2) is 7.77. The Morgan fingerprint density at radius 3 is 2.41 bits per heavy atom. The molecule has 29 heavy (non-hydrogen) atoms. The number of nitrogens with one attached hydrogen (secondary N) is 1. The molecule has 0 unspecified atom stereocenters. The van der Waals surface area contributed by atoms with Crippen molar-refractivity contribution in [2.24, 2.45) is 17.3 Å². The van der Waals surface area contributed by atoms with Crippen molar-refractivity contribution in [1.82, 2.24) is 5.32 Å². The van der Waals surface area contributed by atoms with Gasteiger partial charge in [-0.15, -0.1) is 0 Å². The molecular formula is C25H37NO3. The van der Waals surface area contributed by atoms with Crippen LogP contribution < -0.4 is 5.32 Å². The summed E-state index contributed by atoms with van der Waals surface area (Å²) in [5.41, 5.74) is 3.64. The molecule has 2 aliphatic carbocycles. The van der Waals surface area contributed by atoms with Gasteiger partial charge in [0.1, 0.15) is 6.04 Å². The van der Waals surface area contributed by atoms with Crippen molar-refractivity contribution in [2.75, 3.05) is 0 Å². The molecule has 160 valence electrons. The summed E-state index contributed by atoms with van der Waals surface area (Å²) >= 11 is 0. The Morgan fingerprint density at radius 2 is 1.83 bits per heavy atom. The summed E-state index contributed by atoms with van der Waals surface area (Å²) in [4.78, 5) is 25.1. The molecule has 4 atom stereocenters. The van der Waals surface area contributed by atoms with Gasteiger partial charge in [0.15, 0.2) is 0 Å². The van der Waals surface area contributed by atoms with Crippen molar-refractivity contribution in [1.29, 1.82) is 0 Å². The third-order valence-corrected chi connectivity index (χ3v) is 7.78. The maximum atomic E-state index is 13.4. The van der Waals surface area contributed by atoms with Gasteiger partial charge < -0.3 is 10.4 Å². The van der Waals surface area contributed by atoms with Crippen LogP contribution in [-0.4, -0.2) is 23.0 Å². The van der Waals surface area contributed by atoms with E-state index in [4.69, 9.17) is 0 Å². The largest absolute Gasteiger partial charge is 0.480 e. The SMILES string of the molecule is CC(C)c1ccc2c(c1)CC[C@H]1[C@](C)(C(=O)N[C@H](C(=O)O)C(C)C)CCC[C@]21C. The van der Waals surface area contributed by atoms with Gasteiger partial charge in [0.2, 0.25) is 5.91 Å². The Kier molecular flexibility index (Phi) is 5.86. The van der Waals surface area contributed by atoms with Gasteiger partial charge >= 0.3 is 5.97 Å². The van der Waals surface area contributed by atoms with Crippen LogP contribution in [0, 0.1) is 17.3 Å². The third kappa shape index (κ3) is 3.71. The van der Waals surface area contributed by atoms with Gasteiger partial charge in [0.05, 0.1) is 5.41 Å². The first-order valence-electron chi connectivity index (χ1n) is 11.2. The first kappa shape index (κ1) is 21.9. The topological polar surface area (TPSA) is 66.4 Å². The molecule has 0 heterocycles. The fraction of sp³-hybridized carbons (Fsp3) is 0.680. The summed E-state index contributed by atoms with van der Waals surface area (Å²) < 4.78 is 0. The van der Waals surface area contributed by atoms with E-state index < -0.39 is 17.4 Å². The van der Waals surface area contributed by atoms with Gasteiger partial charge in [-0.3, -0.25) is 4.79 Å². The first-order valence-corrected chi connectivity index (χ1v) is 11.2. The molecule has 1 saturated carbocycles. The molecule has 0 bridgehead atoms. The Labute approximate surface area is 175 Å². The number of hydrogen-bond acceptors (Lipinski definition) is 2. The molecule has 3 rings (SSSR count). The number of aliphatic carboxylic acids is 1. The molecule has 4 nitrogen and oxygen atoms in total. The van der Waals surface area contributed by atoms with E-state index in [1.807, 2.05) is 13.8 Å². The maximum absolute atomic E-state index is 13.4. The standard InChI is InChI=1S/C25H37NO3/c1-15(2)17-8-10-19-18(14-17)9-11-20-24(19,5)12-7-13-25(20,6)23(29)26-21(16(3)4)22(27)28/h8,10,14-16,20-21H,7,9,11-13H2,1-6H3,(H,26,29)(H,27,28)/t20-,21+,24-,25-/m1/s1. The monoisotopic (exact) mass is 399 g/mol. The molecule has 0 saturated heterocycles. The molecule has 2 N–H and O–H groups in total. The van der Waals surface area contributed by atoms with E-state index in [1.165, 1.54) is 16.7 Å². The predicted molar refractivity (Wildman–Crippen MR) is 116 cm³/mol. The molecule has 1 aromatic carbocycles. The normalized spacial score (nSPS) is 29.9. The van der Waals surface area contributed by atoms with E-state index in [0.717, 1.165) is 32.1 Å². The minimum absolute atomic E-state index is 0.0377. The van der Waals surface area contributed by atoms with Crippen molar-refractivity contribution >= 4 is 11.9 Å². The van der Waals surface area contributed by atoms with Crippen molar-refractivity contribution in [3.63, 3.8) is 0 Å². The van der Waals surface area contributed by atoms with Gasteiger partial charge in [-0.1, -0.05) is 66.2 Å². The summed E-state index contributed by atoms with van der Waals surface area (Å²) in [6.07, 6.45) is 4.87. The van der Waals surface area contributed by atoms with E-state index >= 15 is 0 Å². The van der Waals surface area contributed by atoms with E-state index in [9.17, 15) is 14.7 Å². The molecule has 1 amide bonds. The van der Waals surface area contributed by atoms with Crippen LogP contribution in [0.4, 0.5) is 0 Å². The number of fused-ring (bicyclic) bond motifs is 3. The van der Waals surface area contributed by atoms with E-state index in [1.54, 1.807) is 0 Å². The van der Waals surface area contributed by atoms with Crippen LogP contribution in [0.1, 0.15) is 89.8 Å². The molecule has 4 heteroatoms. The number of rotatable bonds is 5. The van der Waals surface area contributed by atoms with Crippen LogP contribution in [0.5, 0.6) is 0 Å². The van der Waals surface area contributed by atoms with Crippen LogP contribution in [0.3, 0.4) is 0 Å². The van der Waals surface area contributed by atoms with Crippen molar-refractivity contribution in [3.05, 3.63) is 34.9 Å². The number of hydrogen-bond donors (Lipinski definition) is 2. The minimum atomic E-state index is -0.953. The lowest BCUT2D eigenvalue weighted by Gasteiger charge is -2.54. The van der Waals surface area contributed by atoms with Crippen LogP contribution in [0.25, 0.3) is 0 Å². The van der Waals surface area contributed by atoms with Gasteiger partial charge in [-0.25, -0.2) is 4.79 Å². The highest BCUT2D eigenvalue weighted by Gasteiger charge is 2.55. The lowest BCUT2D eigenvalue weighted by Crippen LogP contribution is -2.58. The molecular weight excluding hydrogens is 362 g/mol. The predicted octanol–water partition coefficient (Wildman–Crippen LogP) is 5.05. The van der Waals surface area contributed by atoms with Gasteiger partial charge in [0, 0.05) is 0 Å². The number of aryl methyl sites for hydroxylation is 1. The highest BCUT2D eigenvalue weighted by molar-refractivity contribution is 5.88. The lowest BCUT2D eigenvalue weighted by molar-refractivity contribution is -0.148. The number of amides is 1. The number of carboxylic acids is 1. The van der Waals surface area contributed by atoms with Crippen molar-refractivity contribution < 1.29 is 14.7 Å². The summed E-state index contributed by atoms with van der Waals surface area (Å²) in [7, 11) is 0. The Balaban J connectivity index is 1.94. The molecule has 0 radical (unpaired) electrons. The van der Waals surface area contributed by atoms with Gasteiger partial charge in [0.25, 0.3) is 0 Å².